The van der Waals surface area contributed by atoms with Crippen LogP contribution in [-0.2, 0) is 9.53 Å². The second kappa shape index (κ2) is 7.97. The third-order valence-electron chi connectivity index (χ3n) is 2.50. The molecule has 0 heterocycles. The van der Waals surface area contributed by atoms with Gasteiger partial charge in [0.05, 0.1) is 18.2 Å². The molecule has 0 aliphatic carbocycles. The summed E-state index contributed by atoms with van der Waals surface area (Å²) in [6.07, 6.45) is 6.04. The van der Waals surface area contributed by atoms with Gasteiger partial charge in [-0.3, -0.25) is 4.79 Å². The molecule has 0 saturated heterocycles. The fourth-order valence-electron chi connectivity index (χ4n) is 1.42. The first-order chi connectivity index (χ1) is 9.58. The summed E-state index contributed by atoms with van der Waals surface area (Å²) in [5, 5.41) is 2.62. The van der Waals surface area contributed by atoms with E-state index in [0.29, 0.717) is 17.9 Å². The van der Waals surface area contributed by atoms with Crippen LogP contribution in [0.5, 0.6) is 0 Å². The van der Waals surface area contributed by atoms with Crippen LogP contribution < -0.4 is 11.1 Å². The number of ether oxygens (including phenoxy) is 1. The molecular weight excluding hydrogens is 256 g/mol. The molecule has 106 valence electrons. The number of carbonyl (C=O) groups is 2. The van der Waals surface area contributed by atoms with E-state index >= 15 is 0 Å². The normalized spacial score (nSPS) is 11.2. The van der Waals surface area contributed by atoms with E-state index in [1.165, 1.54) is 0 Å². The lowest BCUT2D eigenvalue weighted by Crippen LogP contribution is -2.35. The number of hydrogen-bond acceptors (Lipinski definition) is 4. The van der Waals surface area contributed by atoms with Crippen LogP contribution in [0.4, 0.5) is 5.69 Å². The van der Waals surface area contributed by atoms with Crippen molar-refractivity contribution in [3.8, 4) is 12.3 Å². The van der Waals surface area contributed by atoms with Gasteiger partial charge in [-0.1, -0.05) is 6.92 Å². The Morgan fingerprint density at radius 3 is 2.60 bits per heavy atom. The van der Waals surface area contributed by atoms with Crippen molar-refractivity contribution in [2.24, 2.45) is 5.73 Å². The first kappa shape index (κ1) is 15.7. The fourth-order valence-corrected chi connectivity index (χ4v) is 1.42. The first-order valence-corrected chi connectivity index (χ1v) is 6.35. The average Bonchev–Trinajstić information content (AvgIpc) is 2.45. The summed E-state index contributed by atoms with van der Waals surface area (Å²) in [4.78, 5) is 23.2. The van der Waals surface area contributed by atoms with E-state index in [4.69, 9.17) is 16.9 Å². The summed E-state index contributed by atoms with van der Waals surface area (Å²) in [7, 11) is 0. The van der Waals surface area contributed by atoms with Crippen molar-refractivity contribution in [2.45, 2.75) is 25.8 Å². The van der Waals surface area contributed by atoms with E-state index in [9.17, 15) is 9.59 Å². The second-order valence-corrected chi connectivity index (χ2v) is 4.22. The van der Waals surface area contributed by atoms with Crippen molar-refractivity contribution >= 4 is 17.6 Å². The second-order valence-electron chi connectivity index (χ2n) is 4.22. The number of nitrogens with two attached hydrogens (primary N) is 1. The predicted octanol–water partition coefficient (Wildman–Crippen LogP) is 1.54. The van der Waals surface area contributed by atoms with Crippen molar-refractivity contribution < 1.29 is 14.3 Å². The lowest BCUT2D eigenvalue weighted by Gasteiger charge is -2.10. The summed E-state index contributed by atoms with van der Waals surface area (Å²) in [5.41, 5.74) is 6.56. The third-order valence-corrected chi connectivity index (χ3v) is 2.50. The van der Waals surface area contributed by atoms with E-state index in [2.05, 4.69) is 11.2 Å². The van der Waals surface area contributed by atoms with Gasteiger partial charge in [0, 0.05) is 12.1 Å². The lowest BCUT2D eigenvalue weighted by atomic mass is 10.2. The average molecular weight is 274 g/mol. The molecule has 0 aliphatic heterocycles. The number of hydrogen-bond donors (Lipinski definition) is 2. The Morgan fingerprint density at radius 2 is 2.05 bits per heavy atom. The van der Waals surface area contributed by atoms with Crippen LogP contribution in [0.1, 0.15) is 30.1 Å². The van der Waals surface area contributed by atoms with E-state index in [1.807, 2.05) is 6.92 Å². The summed E-state index contributed by atoms with van der Waals surface area (Å²) < 4.78 is 5.00. The van der Waals surface area contributed by atoms with Crippen molar-refractivity contribution in [1.82, 2.24) is 0 Å². The van der Waals surface area contributed by atoms with Crippen molar-refractivity contribution in [2.75, 3.05) is 11.9 Å². The molecule has 1 unspecified atom stereocenters. The standard InChI is InChI=1S/C15H18N2O3/c1-3-5-13(16)14(18)17-12-8-6-11(7-9-12)15(19)20-10-4-2/h1,6-9,13H,4-5,10,16H2,2H3,(H,17,18). The number of anilines is 1. The Hall–Kier alpha value is -2.32. The number of terminal acetylenes is 1. The summed E-state index contributed by atoms with van der Waals surface area (Å²) in [5.74, 6) is 1.59. The van der Waals surface area contributed by atoms with Crippen molar-refractivity contribution in [3.63, 3.8) is 0 Å². The highest BCUT2D eigenvalue weighted by Crippen LogP contribution is 2.11. The Balaban J connectivity index is 2.61. The maximum atomic E-state index is 11.6. The molecule has 1 atom stereocenters. The maximum Gasteiger partial charge on any atom is 0.338 e. The van der Waals surface area contributed by atoms with Gasteiger partial charge in [0.2, 0.25) is 5.91 Å². The Bertz CT molecular complexity index is 503. The first-order valence-electron chi connectivity index (χ1n) is 6.35. The van der Waals surface area contributed by atoms with Gasteiger partial charge in [0.1, 0.15) is 0 Å². The monoisotopic (exact) mass is 274 g/mol. The summed E-state index contributed by atoms with van der Waals surface area (Å²) >= 11 is 0. The number of rotatable bonds is 6. The quantitative estimate of drug-likeness (QED) is 0.609. The minimum atomic E-state index is -0.741. The molecule has 1 amide bonds. The molecule has 20 heavy (non-hydrogen) atoms. The van der Waals surface area contributed by atoms with E-state index in [1.54, 1.807) is 24.3 Å². The van der Waals surface area contributed by atoms with Gasteiger partial charge in [-0.05, 0) is 30.7 Å². The molecule has 1 aromatic carbocycles. The largest absolute Gasteiger partial charge is 0.462 e. The maximum absolute atomic E-state index is 11.6. The third kappa shape index (κ3) is 4.75. The van der Waals surface area contributed by atoms with Crippen LogP contribution in [0, 0.1) is 12.3 Å². The zero-order valence-corrected chi connectivity index (χ0v) is 11.4. The van der Waals surface area contributed by atoms with E-state index in [-0.39, 0.29) is 18.3 Å². The minimum Gasteiger partial charge on any atom is -0.462 e. The van der Waals surface area contributed by atoms with Crippen LogP contribution >= 0.6 is 0 Å². The zero-order valence-electron chi connectivity index (χ0n) is 11.4. The van der Waals surface area contributed by atoms with Crippen LogP contribution in [0.25, 0.3) is 0 Å². The van der Waals surface area contributed by atoms with Gasteiger partial charge in [0.25, 0.3) is 0 Å². The highest BCUT2D eigenvalue weighted by molar-refractivity contribution is 5.95. The number of esters is 1. The SMILES string of the molecule is C#CCC(N)C(=O)Nc1ccc(C(=O)OCCC)cc1. The van der Waals surface area contributed by atoms with Crippen molar-refractivity contribution in [3.05, 3.63) is 29.8 Å². The summed E-state index contributed by atoms with van der Waals surface area (Å²) in [6, 6.07) is 5.65. The highest BCUT2D eigenvalue weighted by Gasteiger charge is 2.12. The molecule has 0 bridgehead atoms. The van der Waals surface area contributed by atoms with E-state index < -0.39 is 6.04 Å². The molecule has 0 fully saturated rings. The Labute approximate surface area is 118 Å². The van der Waals surface area contributed by atoms with Gasteiger partial charge in [0.15, 0.2) is 0 Å². The predicted molar refractivity (Wildman–Crippen MR) is 77.1 cm³/mol. The van der Waals surface area contributed by atoms with Crippen LogP contribution in [-0.4, -0.2) is 24.5 Å². The molecule has 5 heteroatoms. The lowest BCUT2D eigenvalue weighted by molar-refractivity contribution is -0.117. The van der Waals surface area contributed by atoms with Gasteiger partial charge in [-0.25, -0.2) is 4.79 Å². The number of carbonyl (C=O) groups excluding carboxylic acids is 2. The number of nitrogens with one attached hydrogen (secondary N) is 1. The fraction of sp³-hybridized carbons (Fsp3) is 0.333. The molecule has 0 aromatic heterocycles. The Morgan fingerprint density at radius 1 is 1.40 bits per heavy atom. The minimum absolute atomic E-state index is 0.174. The van der Waals surface area contributed by atoms with Gasteiger partial charge < -0.3 is 15.8 Å². The molecule has 1 rings (SSSR count). The highest BCUT2D eigenvalue weighted by atomic mass is 16.5. The van der Waals surface area contributed by atoms with Gasteiger partial charge in [-0.2, -0.15) is 0 Å². The van der Waals surface area contributed by atoms with Crippen LogP contribution in [0.2, 0.25) is 0 Å². The summed E-state index contributed by atoms with van der Waals surface area (Å²) in [6.45, 7) is 2.31. The Kier molecular flexibility index (Phi) is 6.27. The van der Waals surface area contributed by atoms with Crippen LogP contribution in [0.15, 0.2) is 24.3 Å². The molecule has 5 nitrogen and oxygen atoms in total. The van der Waals surface area contributed by atoms with Crippen LogP contribution in [0.3, 0.4) is 0 Å². The van der Waals surface area contributed by atoms with Gasteiger partial charge in [-0.15, -0.1) is 12.3 Å². The molecule has 1 aromatic rings. The molecule has 0 radical (unpaired) electrons. The van der Waals surface area contributed by atoms with Crippen molar-refractivity contribution in [1.29, 1.82) is 0 Å². The molecule has 0 saturated carbocycles. The molecule has 0 spiro atoms. The molecule has 3 N–H and O–H groups in total. The number of benzene rings is 1. The molecule has 0 aliphatic rings. The zero-order chi connectivity index (χ0) is 15.0. The number of amides is 1. The smallest absolute Gasteiger partial charge is 0.338 e. The molecular formula is C15H18N2O3. The van der Waals surface area contributed by atoms with Gasteiger partial charge >= 0.3 is 5.97 Å². The topological polar surface area (TPSA) is 81.4 Å². The van der Waals surface area contributed by atoms with E-state index in [0.717, 1.165) is 6.42 Å².